The van der Waals surface area contributed by atoms with Gasteiger partial charge in [-0.25, -0.2) is 4.99 Å². The minimum absolute atomic E-state index is 0.673. The molecule has 0 saturated carbocycles. The van der Waals surface area contributed by atoms with Crippen molar-refractivity contribution in [2.75, 3.05) is 6.61 Å². The molecule has 2 rings (SSSR count). The maximum Gasteiger partial charge on any atom is 0.192 e. The molecule has 0 saturated heterocycles. The highest BCUT2D eigenvalue weighted by molar-refractivity contribution is 5.83. The van der Waals surface area contributed by atoms with E-state index in [0.29, 0.717) is 6.61 Å². The van der Waals surface area contributed by atoms with Crippen molar-refractivity contribution < 1.29 is 4.74 Å². The van der Waals surface area contributed by atoms with Crippen molar-refractivity contribution in [3.63, 3.8) is 0 Å². The Morgan fingerprint density at radius 1 is 1.25 bits per heavy atom. The Morgan fingerprint density at radius 3 is 2.75 bits per heavy atom. The van der Waals surface area contributed by atoms with Gasteiger partial charge in [0.2, 0.25) is 0 Å². The fourth-order valence-corrected chi connectivity index (χ4v) is 2.00. The molecule has 0 spiro atoms. The Bertz CT molecular complexity index is 458. The fraction of sp³-hybridized carbons (Fsp3) is 0.357. The summed E-state index contributed by atoms with van der Waals surface area (Å²) in [5.41, 5.74) is 5.23. The molecule has 0 atom stereocenters. The molecule has 16 heavy (non-hydrogen) atoms. The molecular formula is C14H17NO. The van der Waals surface area contributed by atoms with Crippen LogP contribution in [0.25, 0.3) is 6.08 Å². The molecule has 2 heteroatoms. The number of nitrogens with zero attached hydrogens (tertiary/aromatic N) is 1. The topological polar surface area (TPSA) is 21.6 Å². The molecule has 0 N–H and O–H groups in total. The number of hydrogen-bond acceptors (Lipinski definition) is 2. The lowest BCUT2D eigenvalue weighted by atomic mass is 9.95. The van der Waals surface area contributed by atoms with Crippen molar-refractivity contribution in [1.82, 2.24) is 0 Å². The lowest BCUT2D eigenvalue weighted by Gasteiger charge is -2.12. The first-order chi connectivity index (χ1) is 7.72. The number of fused-ring (bicyclic) bond motifs is 1. The van der Waals surface area contributed by atoms with Crippen molar-refractivity contribution in [3.8, 4) is 0 Å². The van der Waals surface area contributed by atoms with Crippen molar-refractivity contribution in [1.29, 1.82) is 0 Å². The molecular weight excluding hydrogens is 198 g/mol. The predicted molar refractivity (Wildman–Crippen MR) is 67.7 cm³/mol. The van der Waals surface area contributed by atoms with E-state index in [-0.39, 0.29) is 0 Å². The number of benzene rings is 1. The highest BCUT2D eigenvalue weighted by Gasteiger charge is 2.12. The van der Waals surface area contributed by atoms with Crippen LogP contribution in [0.4, 0.5) is 0 Å². The van der Waals surface area contributed by atoms with Crippen LogP contribution in [-0.4, -0.2) is 12.5 Å². The third kappa shape index (κ3) is 2.01. The smallest absolute Gasteiger partial charge is 0.192 e. The van der Waals surface area contributed by atoms with Crippen LogP contribution < -0.4 is 0 Å². The van der Waals surface area contributed by atoms with Gasteiger partial charge < -0.3 is 4.74 Å². The summed E-state index contributed by atoms with van der Waals surface area (Å²) in [6.07, 6.45) is 4.70. The maximum absolute atomic E-state index is 5.51. The minimum Gasteiger partial charge on any atom is -0.481 e. The Labute approximate surface area is 96.7 Å². The van der Waals surface area contributed by atoms with E-state index < -0.39 is 0 Å². The van der Waals surface area contributed by atoms with Crippen molar-refractivity contribution >= 4 is 12.0 Å². The van der Waals surface area contributed by atoms with Crippen LogP contribution in [0, 0.1) is 13.8 Å². The first kappa shape index (κ1) is 10.9. The molecule has 1 aromatic carbocycles. The number of ether oxygens (including phenoxy) is 1. The summed E-state index contributed by atoms with van der Waals surface area (Å²) < 4.78 is 5.51. The van der Waals surface area contributed by atoms with Gasteiger partial charge in [0.15, 0.2) is 5.90 Å². The molecule has 0 radical (unpaired) electrons. The molecule has 1 aliphatic rings. The molecule has 84 valence electrons. The van der Waals surface area contributed by atoms with E-state index >= 15 is 0 Å². The van der Waals surface area contributed by atoms with Gasteiger partial charge in [-0.1, -0.05) is 12.1 Å². The second kappa shape index (κ2) is 4.52. The summed E-state index contributed by atoms with van der Waals surface area (Å²) in [6, 6.07) is 4.32. The maximum atomic E-state index is 5.51. The molecule has 0 amide bonds. The van der Waals surface area contributed by atoms with E-state index in [1.807, 2.05) is 13.1 Å². The largest absolute Gasteiger partial charge is 0.481 e. The molecule has 1 aromatic rings. The summed E-state index contributed by atoms with van der Waals surface area (Å²) in [5.74, 6) is 0.811. The highest BCUT2D eigenvalue weighted by atomic mass is 16.5. The van der Waals surface area contributed by atoms with Crippen molar-refractivity contribution in [2.24, 2.45) is 4.99 Å². The Morgan fingerprint density at radius 2 is 2.00 bits per heavy atom. The van der Waals surface area contributed by atoms with Crippen molar-refractivity contribution in [2.45, 2.75) is 27.2 Å². The molecule has 1 heterocycles. The van der Waals surface area contributed by atoms with E-state index in [2.05, 4.69) is 37.0 Å². The van der Waals surface area contributed by atoms with Gasteiger partial charge in [0.05, 0.1) is 6.61 Å². The summed E-state index contributed by atoms with van der Waals surface area (Å²) >= 11 is 0. The van der Waals surface area contributed by atoms with Crippen LogP contribution in [0.15, 0.2) is 23.3 Å². The highest BCUT2D eigenvalue weighted by Crippen LogP contribution is 2.23. The first-order valence-electron chi connectivity index (χ1n) is 5.67. The third-order valence-corrected chi connectivity index (χ3v) is 2.91. The van der Waals surface area contributed by atoms with Crippen LogP contribution in [0.2, 0.25) is 0 Å². The first-order valence-corrected chi connectivity index (χ1v) is 5.67. The normalized spacial score (nSPS) is 14.1. The van der Waals surface area contributed by atoms with Crippen LogP contribution >= 0.6 is 0 Å². The SMILES string of the molecule is CCOC1=NC=Cc2c(C)ccc(C)c2C1. The average molecular weight is 215 g/mol. The van der Waals surface area contributed by atoms with Crippen LogP contribution in [0.3, 0.4) is 0 Å². The van der Waals surface area contributed by atoms with Gasteiger partial charge in [0, 0.05) is 12.6 Å². The quantitative estimate of drug-likeness (QED) is 0.704. The van der Waals surface area contributed by atoms with Gasteiger partial charge >= 0.3 is 0 Å². The van der Waals surface area contributed by atoms with E-state index in [9.17, 15) is 0 Å². The summed E-state index contributed by atoms with van der Waals surface area (Å²) in [4.78, 5) is 4.32. The van der Waals surface area contributed by atoms with Crippen LogP contribution in [-0.2, 0) is 11.2 Å². The lowest BCUT2D eigenvalue weighted by molar-refractivity contribution is 0.320. The minimum atomic E-state index is 0.673. The summed E-state index contributed by atoms with van der Waals surface area (Å²) in [5, 5.41) is 0. The molecule has 0 aliphatic carbocycles. The van der Waals surface area contributed by atoms with Crippen LogP contribution in [0.1, 0.15) is 29.2 Å². The fourth-order valence-electron chi connectivity index (χ4n) is 2.00. The number of aliphatic imine (C=N–C) groups is 1. The van der Waals surface area contributed by atoms with Gasteiger partial charge in [-0.3, -0.25) is 0 Å². The van der Waals surface area contributed by atoms with Gasteiger partial charge in [0.25, 0.3) is 0 Å². The zero-order chi connectivity index (χ0) is 11.5. The molecule has 0 unspecified atom stereocenters. The Kier molecular flexibility index (Phi) is 3.09. The van der Waals surface area contributed by atoms with Gasteiger partial charge in [-0.05, 0) is 49.1 Å². The summed E-state index contributed by atoms with van der Waals surface area (Å²) in [7, 11) is 0. The second-order valence-corrected chi connectivity index (χ2v) is 4.04. The zero-order valence-corrected chi connectivity index (χ0v) is 10.1. The summed E-state index contributed by atoms with van der Waals surface area (Å²) in [6.45, 7) is 6.93. The zero-order valence-electron chi connectivity index (χ0n) is 10.1. The van der Waals surface area contributed by atoms with E-state index in [1.54, 1.807) is 0 Å². The van der Waals surface area contributed by atoms with E-state index in [1.165, 1.54) is 22.3 Å². The molecule has 0 fully saturated rings. The van der Waals surface area contributed by atoms with Gasteiger partial charge in [-0.15, -0.1) is 0 Å². The van der Waals surface area contributed by atoms with Crippen LogP contribution in [0.5, 0.6) is 0 Å². The molecule has 1 aliphatic heterocycles. The average Bonchev–Trinajstić information content (AvgIpc) is 2.47. The Hall–Kier alpha value is -1.57. The van der Waals surface area contributed by atoms with Gasteiger partial charge in [-0.2, -0.15) is 0 Å². The standard InChI is InChI=1S/C14H17NO/c1-4-16-14-9-13-11(3)6-5-10(2)12(13)7-8-15-14/h5-8H,4,9H2,1-3H3. The molecule has 0 aromatic heterocycles. The predicted octanol–water partition coefficient (Wildman–Crippen LogP) is 3.27. The second-order valence-electron chi connectivity index (χ2n) is 4.04. The lowest BCUT2D eigenvalue weighted by Crippen LogP contribution is -2.09. The monoisotopic (exact) mass is 215 g/mol. The number of rotatable bonds is 1. The number of aryl methyl sites for hydroxylation is 2. The molecule has 2 nitrogen and oxygen atoms in total. The van der Waals surface area contributed by atoms with Crippen molar-refractivity contribution in [3.05, 3.63) is 40.6 Å². The Balaban J connectivity index is 2.44. The third-order valence-electron chi connectivity index (χ3n) is 2.91. The molecule has 0 bridgehead atoms. The van der Waals surface area contributed by atoms with E-state index in [0.717, 1.165) is 12.3 Å². The van der Waals surface area contributed by atoms with E-state index in [4.69, 9.17) is 4.74 Å². The van der Waals surface area contributed by atoms with Gasteiger partial charge in [0.1, 0.15) is 0 Å². The number of hydrogen-bond donors (Lipinski definition) is 0.